The van der Waals surface area contributed by atoms with Gasteiger partial charge in [-0.25, -0.2) is 9.42 Å². The number of nitro benzene ring substituents is 1. The summed E-state index contributed by atoms with van der Waals surface area (Å²) in [5, 5.41) is 30.2. The Labute approximate surface area is 111 Å². The normalized spacial score (nSPS) is 16.6. The van der Waals surface area contributed by atoms with Crippen LogP contribution in [0.1, 0.15) is 19.3 Å². The van der Waals surface area contributed by atoms with Crippen LogP contribution in [0.5, 0.6) is 0 Å². The monoisotopic (exact) mass is 278 g/mol. The van der Waals surface area contributed by atoms with Crippen LogP contribution in [0, 0.1) is 10.1 Å². The number of aliphatic carboxylic acids is 1. The first-order chi connectivity index (χ1) is 9.53. The zero-order valence-electron chi connectivity index (χ0n) is 10.2. The number of nitro groups is 1. The van der Waals surface area contributed by atoms with Gasteiger partial charge in [-0.2, -0.15) is 0 Å². The van der Waals surface area contributed by atoms with E-state index in [-0.39, 0.29) is 16.7 Å². The molecule has 2 N–H and O–H groups in total. The van der Waals surface area contributed by atoms with Crippen LogP contribution >= 0.6 is 0 Å². The molecule has 1 aromatic heterocycles. The molecule has 1 heterocycles. The average Bonchev–Trinajstić information content (AvgIpc) is 2.81. The Kier molecular flexibility index (Phi) is 2.56. The Morgan fingerprint density at radius 3 is 2.65 bits per heavy atom. The van der Waals surface area contributed by atoms with Gasteiger partial charge in [0.05, 0.1) is 10.6 Å². The SMILES string of the molecule is O=C(O)C1(Nc2ccc([N+](=O)[O-])c3nonc23)CCC1. The van der Waals surface area contributed by atoms with Crippen molar-refractivity contribution in [3.8, 4) is 0 Å². The highest BCUT2D eigenvalue weighted by Gasteiger charge is 2.45. The van der Waals surface area contributed by atoms with Gasteiger partial charge in [-0.1, -0.05) is 0 Å². The standard InChI is InChI=1S/C11H10N4O5/c16-10(17)11(4-1-5-11)12-6-2-3-7(15(18)19)9-8(6)13-20-14-9/h2-3,12H,1,4-5H2,(H,16,17). The smallest absolute Gasteiger partial charge is 0.329 e. The average molecular weight is 278 g/mol. The lowest BCUT2D eigenvalue weighted by atomic mass is 9.76. The molecule has 0 radical (unpaired) electrons. The number of non-ortho nitro benzene ring substituents is 1. The van der Waals surface area contributed by atoms with E-state index in [1.165, 1.54) is 12.1 Å². The molecule has 0 unspecified atom stereocenters. The molecule has 1 fully saturated rings. The van der Waals surface area contributed by atoms with Crippen molar-refractivity contribution in [1.82, 2.24) is 10.3 Å². The summed E-state index contributed by atoms with van der Waals surface area (Å²) in [7, 11) is 0. The Balaban J connectivity index is 2.05. The highest BCUT2D eigenvalue weighted by atomic mass is 16.6. The number of anilines is 1. The molecule has 0 aliphatic heterocycles. The first-order valence-electron chi connectivity index (χ1n) is 5.95. The maximum absolute atomic E-state index is 11.3. The van der Waals surface area contributed by atoms with Crippen molar-refractivity contribution < 1.29 is 19.5 Å². The van der Waals surface area contributed by atoms with Gasteiger partial charge in [0.1, 0.15) is 5.54 Å². The number of hydrogen-bond acceptors (Lipinski definition) is 7. The summed E-state index contributed by atoms with van der Waals surface area (Å²) in [6, 6.07) is 2.68. The molecule has 2 aromatic rings. The number of nitrogens with zero attached hydrogens (tertiary/aromatic N) is 3. The molecule has 0 amide bonds. The van der Waals surface area contributed by atoms with E-state index in [1.54, 1.807) is 0 Å². The second-order valence-corrected chi connectivity index (χ2v) is 4.72. The molecule has 0 spiro atoms. The van der Waals surface area contributed by atoms with Gasteiger partial charge in [0, 0.05) is 6.07 Å². The zero-order chi connectivity index (χ0) is 14.3. The van der Waals surface area contributed by atoms with Crippen molar-refractivity contribution in [2.45, 2.75) is 24.8 Å². The quantitative estimate of drug-likeness (QED) is 0.636. The number of carbonyl (C=O) groups is 1. The van der Waals surface area contributed by atoms with Crippen LogP contribution in [-0.2, 0) is 4.79 Å². The van der Waals surface area contributed by atoms with Crippen LogP contribution in [0.25, 0.3) is 11.0 Å². The lowest BCUT2D eigenvalue weighted by Gasteiger charge is -2.39. The number of carboxylic acids is 1. The number of nitrogens with one attached hydrogen (secondary N) is 1. The van der Waals surface area contributed by atoms with E-state index in [0.29, 0.717) is 18.5 Å². The van der Waals surface area contributed by atoms with E-state index in [1.807, 2.05) is 0 Å². The molecule has 1 aliphatic carbocycles. The number of benzene rings is 1. The number of fused-ring (bicyclic) bond motifs is 1. The first kappa shape index (κ1) is 12.3. The van der Waals surface area contributed by atoms with Gasteiger partial charge in [-0.15, -0.1) is 0 Å². The van der Waals surface area contributed by atoms with Crippen molar-refractivity contribution >= 4 is 28.4 Å². The molecule has 1 saturated carbocycles. The largest absolute Gasteiger partial charge is 0.480 e. The van der Waals surface area contributed by atoms with Gasteiger partial charge < -0.3 is 10.4 Å². The fourth-order valence-corrected chi connectivity index (χ4v) is 2.28. The molecule has 9 nitrogen and oxygen atoms in total. The van der Waals surface area contributed by atoms with Crippen molar-refractivity contribution in [2.24, 2.45) is 0 Å². The highest BCUT2D eigenvalue weighted by Crippen LogP contribution is 2.38. The molecule has 0 saturated heterocycles. The topological polar surface area (TPSA) is 131 Å². The second-order valence-electron chi connectivity index (χ2n) is 4.72. The van der Waals surface area contributed by atoms with Crippen LogP contribution in [0.15, 0.2) is 16.8 Å². The minimum absolute atomic E-state index is 0.000128. The maximum atomic E-state index is 11.3. The number of hydrogen-bond donors (Lipinski definition) is 2. The zero-order valence-corrected chi connectivity index (χ0v) is 10.2. The third kappa shape index (κ3) is 1.67. The van der Waals surface area contributed by atoms with Crippen molar-refractivity contribution in [3.05, 3.63) is 22.2 Å². The molecule has 104 valence electrons. The molecule has 1 aliphatic rings. The first-order valence-corrected chi connectivity index (χ1v) is 5.95. The summed E-state index contributed by atoms with van der Waals surface area (Å²) in [6.07, 6.45) is 1.80. The summed E-state index contributed by atoms with van der Waals surface area (Å²) in [5.41, 5.74) is -0.743. The van der Waals surface area contributed by atoms with Crippen LogP contribution in [0.4, 0.5) is 11.4 Å². The molecule has 1 aromatic carbocycles. The van der Waals surface area contributed by atoms with Crippen molar-refractivity contribution in [1.29, 1.82) is 0 Å². The van der Waals surface area contributed by atoms with Crippen LogP contribution < -0.4 is 5.32 Å². The van der Waals surface area contributed by atoms with E-state index >= 15 is 0 Å². The Morgan fingerprint density at radius 2 is 2.10 bits per heavy atom. The van der Waals surface area contributed by atoms with E-state index < -0.39 is 16.4 Å². The maximum Gasteiger partial charge on any atom is 0.329 e. The summed E-state index contributed by atoms with van der Waals surface area (Å²) in [5.74, 6) is -0.952. The third-order valence-electron chi connectivity index (χ3n) is 3.58. The molecular weight excluding hydrogens is 268 g/mol. The van der Waals surface area contributed by atoms with Gasteiger partial charge in [0.25, 0.3) is 0 Å². The lowest BCUT2D eigenvalue weighted by molar-refractivity contribution is -0.383. The number of rotatable bonds is 4. The highest BCUT2D eigenvalue weighted by molar-refractivity contribution is 5.95. The van der Waals surface area contributed by atoms with Gasteiger partial charge in [-0.05, 0) is 35.6 Å². The van der Waals surface area contributed by atoms with E-state index in [4.69, 9.17) is 0 Å². The van der Waals surface area contributed by atoms with Gasteiger partial charge in [0.2, 0.25) is 5.52 Å². The molecular formula is C11H10N4O5. The molecule has 0 atom stereocenters. The molecule has 20 heavy (non-hydrogen) atoms. The number of aromatic nitrogens is 2. The van der Waals surface area contributed by atoms with Gasteiger partial charge >= 0.3 is 11.7 Å². The van der Waals surface area contributed by atoms with Crippen LogP contribution in [0.2, 0.25) is 0 Å². The molecule has 0 bridgehead atoms. The predicted octanol–water partition coefficient (Wildman–Crippen LogP) is 1.55. The van der Waals surface area contributed by atoms with Gasteiger partial charge in [0.15, 0.2) is 5.52 Å². The summed E-state index contributed by atoms with van der Waals surface area (Å²) < 4.78 is 4.53. The Bertz CT molecular complexity index is 706. The van der Waals surface area contributed by atoms with E-state index in [2.05, 4.69) is 20.3 Å². The second kappa shape index (κ2) is 4.15. The third-order valence-corrected chi connectivity index (χ3v) is 3.58. The minimum Gasteiger partial charge on any atom is -0.480 e. The number of carboxylic acid groups (broad SMARTS) is 1. The van der Waals surface area contributed by atoms with Crippen LogP contribution in [0.3, 0.4) is 0 Å². The van der Waals surface area contributed by atoms with E-state index in [9.17, 15) is 20.0 Å². The van der Waals surface area contributed by atoms with Crippen LogP contribution in [-0.4, -0.2) is 31.9 Å². The predicted molar refractivity (Wildman–Crippen MR) is 66.3 cm³/mol. The summed E-state index contributed by atoms with van der Waals surface area (Å²) in [6.45, 7) is 0. The minimum atomic E-state index is -1.04. The van der Waals surface area contributed by atoms with Crippen molar-refractivity contribution in [3.63, 3.8) is 0 Å². The van der Waals surface area contributed by atoms with E-state index in [0.717, 1.165) is 6.42 Å². The lowest BCUT2D eigenvalue weighted by Crippen LogP contribution is -2.52. The molecule has 9 heteroatoms. The van der Waals surface area contributed by atoms with Crippen molar-refractivity contribution in [2.75, 3.05) is 5.32 Å². The summed E-state index contributed by atoms with van der Waals surface area (Å²) >= 11 is 0. The fourth-order valence-electron chi connectivity index (χ4n) is 2.28. The van der Waals surface area contributed by atoms with Gasteiger partial charge in [-0.3, -0.25) is 10.1 Å². The Hall–Kier alpha value is -2.71. The molecule has 3 rings (SSSR count). The summed E-state index contributed by atoms with van der Waals surface area (Å²) in [4.78, 5) is 21.6. The Morgan fingerprint density at radius 1 is 1.40 bits per heavy atom. The fraction of sp³-hybridized carbons (Fsp3) is 0.364.